The second kappa shape index (κ2) is 12.0. The van der Waals surface area contributed by atoms with E-state index in [0.29, 0.717) is 49.0 Å². The van der Waals surface area contributed by atoms with Crippen LogP contribution in [0.5, 0.6) is 11.6 Å². The molecule has 5 aliphatic heterocycles. The standard InChI is InChI=1S/C30H38FN9O3/c1-37-5-6-42-23(16-37)18-43-22-8-24(29-25(9-32)30(31)36-40(29)17-22)26-11-34-27(12-33-26)38-14-20-7-21(15-38)39(20)13-19-3-4-28(41-2)35-10-19/h3-4,8,10,17,20-21,23,26-27,33-34H,5-7,11-16,18H2,1-2H3/t20?,21?,23-,26?,27?/m0/s1. The molecule has 4 unspecified atom stereocenters. The Morgan fingerprint density at radius 1 is 1.19 bits per heavy atom. The zero-order valence-electron chi connectivity index (χ0n) is 24.6. The van der Waals surface area contributed by atoms with Crippen molar-refractivity contribution in [3.05, 3.63) is 53.2 Å². The lowest BCUT2D eigenvalue weighted by molar-refractivity contribution is -0.0935. The molecule has 0 aliphatic carbocycles. The number of morpholine rings is 1. The van der Waals surface area contributed by atoms with Crippen LogP contribution in [0.25, 0.3) is 5.52 Å². The molecule has 3 aromatic rings. The van der Waals surface area contributed by atoms with Crippen molar-refractivity contribution in [2.75, 3.05) is 66.6 Å². The van der Waals surface area contributed by atoms with Gasteiger partial charge in [0.1, 0.15) is 30.1 Å². The lowest BCUT2D eigenvalue weighted by atomic mass is 9.86. The van der Waals surface area contributed by atoms with Gasteiger partial charge in [0, 0.05) is 81.8 Å². The van der Waals surface area contributed by atoms with Gasteiger partial charge >= 0.3 is 0 Å². The van der Waals surface area contributed by atoms with Crippen molar-refractivity contribution in [3.63, 3.8) is 0 Å². The summed E-state index contributed by atoms with van der Waals surface area (Å²) in [6.07, 6.45) is 4.92. The van der Waals surface area contributed by atoms with Gasteiger partial charge in [0.05, 0.1) is 31.6 Å². The third kappa shape index (κ3) is 5.66. The molecule has 43 heavy (non-hydrogen) atoms. The van der Waals surface area contributed by atoms with Gasteiger partial charge in [0.25, 0.3) is 5.95 Å². The number of nitrogens with one attached hydrogen (secondary N) is 2. The molecular formula is C30H38FN9O3. The molecule has 5 fully saturated rings. The largest absolute Gasteiger partial charge is 0.489 e. The first-order chi connectivity index (χ1) is 21.0. The summed E-state index contributed by atoms with van der Waals surface area (Å²) in [6.45, 7) is 7.00. The smallest absolute Gasteiger partial charge is 0.251 e. The van der Waals surface area contributed by atoms with Crippen molar-refractivity contribution < 1.29 is 18.6 Å². The van der Waals surface area contributed by atoms with E-state index in [9.17, 15) is 9.65 Å². The second-order valence-corrected chi connectivity index (χ2v) is 12.0. The Morgan fingerprint density at radius 2 is 2.05 bits per heavy atom. The number of nitriles is 1. The number of hydrogen-bond donors (Lipinski definition) is 2. The number of methoxy groups -OCH3 is 1. The molecule has 3 aromatic heterocycles. The number of hydrogen-bond acceptors (Lipinski definition) is 11. The van der Waals surface area contributed by atoms with Gasteiger partial charge in [-0.05, 0) is 25.1 Å². The maximum Gasteiger partial charge on any atom is 0.251 e. The Labute approximate surface area is 250 Å². The number of piperidine rings is 1. The van der Waals surface area contributed by atoms with Crippen molar-refractivity contribution in [2.24, 2.45) is 0 Å². The molecule has 228 valence electrons. The van der Waals surface area contributed by atoms with Crippen molar-refractivity contribution in [1.82, 2.24) is 39.9 Å². The van der Waals surface area contributed by atoms with E-state index in [1.54, 1.807) is 13.3 Å². The topological polar surface area (TPSA) is 115 Å². The van der Waals surface area contributed by atoms with E-state index in [-0.39, 0.29) is 23.9 Å². The van der Waals surface area contributed by atoms with Crippen LogP contribution in [0.3, 0.4) is 0 Å². The Bertz CT molecular complexity index is 1470. The van der Waals surface area contributed by atoms with E-state index in [1.165, 1.54) is 16.5 Å². The molecule has 8 rings (SSSR count). The average Bonchev–Trinajstić information content (AvgIpc) is 3.37. The van der Waals surface area contributed by atoms with Crippen LogP contribution in [0.4, 0.5) is 4.39 Å². The fraction of sp³-hybridized carbons (Fsp3) is 0.567. The minimum absolute atomic E-state index is 0.0447. The summed E-state index contributed by atoms with van der Waals surface area (Å²) < 4.78 is 33.3. The first-order valence-electron chi connectivity index (χ1n) is 15.0. The van der Waals surface area contributed by atoms with Crippen LogP contribution in [-0.2, 0) is 11.3 Å². The highest BCUT2D eigenvalue weighted by Gasteiger charge is 2.46. The predicted octanol–water partition coefficient (Wildman–Crippen LogP) is 0.977. The molecule has 13 heteroatoms. The van der Waals surface area contributed by atoms with E-state index in [0.717, 1.165) is 44.8 Å². The van der Waals surface area contributed by atoms with Crippen LogP contribution in [0.15, 0.2) is 30.6 Å². The summed E-state index contributed by atoms with van der Waals surface area (Å²) in [4.78, 5) is 11.7. The molecule has 8 heterocycles. The summed E-state index contributed by atoms with van der Waals surface area (Å²) >= 11 is 0. The molecule has 5 aliphatic rings. The summed E-state index contributed by atoms with van der Waals surface area (Å²) in [5, 5.41) is 21.1. The van der Waals surface area contributed by atoms with Gasteiger partial charge in [-0.25, -0.2) is 9.50 Å². The van der Waals surface area contributed by atoms with Crippen LogP contribution in [0.2, 0.25) is 0 Å². The molecule has 0 radical (unpaired) electrons. The van der Waals surface area contributed by atoms with Crippen molar-refractivity contribution in [2.45, 2.75) is 43.4 Å². The SMILES string of the molecule is COc1ccc(CN2C3CC2CN(C2CNC(c4cc(OC[C@@H]5CN(C)CCO5)cn5nc(F)c(C#N)c45)CN2)C3)cn1. The van der Waals surface area contributed by atoms with Crippen LogP contribution in [-0.4, -0.2) is 120 Å². The van der Waals surface area contributed by atoms with E-state index in [4.69, 9.17) is 14.2 Å². The zero-order valence-corrected chi connectivity index (χ0v) is 24.6. The number of piperazine rings is 2. The lowest BCUT2D eigenvalue weighted by Gasteiger charge is -2.58. The Balaban J connectivity index is 1.00. The van der Waals surface area contributed by atoms with E-state index < -0.39 is 5.95 Å². The number of likely N-dealkylation sites (N-methyl/N-ethyl adjacent to an activating group) is 1. The molecule has 5 atom stereocenters. The lowest BCUT2D eigenvalue weighted by Crippen LogP contribution is -2.72. The predicted molar refractivity (Wildman–Crippen MR) is 155 cm³/mol. The van der Waals surface area contributed by atoms with E-state index in [1.807, 2.05) is 24.4 Å². The van der Waals surface area contributed by atoms with Gasteiger partial charge in [0.2, 0.25) is 5.88 Å². The monoisotopic (exact) mass is 591 g/mol. The van der Waals surface area contributed by atoms with Crippen LogP contribution in [0, 0.1) is 17.3 Å². The molecule has 0 aromatic carbocycles. The molecule has 2 N–H and O–H groups in total. The van der Waals surface area contributed by atoms with Gasteiger partial charge in [-0.15, -0.1) is 5.10 Å². The van der Waals surface area contributed by atoms with Gasteiger partial charge in [0.15, 0.2) is 0 Å². The molecule has 2 bridgehead atoms. The van der Waals surface area contributed by atoms with E-state index in [2.05, 4.69) is 48.5 Å². The highest BCUT2D eigenvalue weighted by Crippen LogP contribution is 2.35. The minimum Gasteiger partial charge on any atom is -0.489 e. The highest BCUT2D eigenvalue weighted by atomic mass is 19.1. The first-order valence-corrected chi connectivity index (χ1v) is 15.0. The quantitative estimate of drug-likeness (QED) is 0.391. The minimum atomic E-state index is -0.776. The number of halogens is 1. The van der Waals surface area contributed by atoms with Gasteiger partial charge in [-0.3, -0.25) is 15.1 Å². The fourth-order valence-corrected chi connectivity index (χ4v) is 6.96. The second-order valence-electron chi connectivity index (χ2n) is 12.0. The van der Waals surface area contributed by atoms with Crippen LogP contribution in [0.1, 0.15) is 29.2 Å². The Morgan fingerprint density at radius 3 is 2.74 bits per heavy atom. The van der Waals surface area contributed by atoms with Gasteiger partial charge in [-0.1, -0.05) is 6.07 Å². The molecule has 5 saturated heterocycles. The molecule has 12 nitrogen and oxygen atoms in total. The molecular weight excluding hydrogens is 553 g/mol. The summed E-state index contributed by atoms with van der Waals surface area (Å²) in [5.41, 5.74) is 2.42. The third-order valence-electron chi connectivity index (χ3n) is 9.25. The van der Waals surface area contributed by atoms with Crippen molar-refractivity contribution in [3.8, 4) is 17.7 Å². The zero-order chi connectivity index (χ0) is 29.5. The molecule has 0 saturated carbocycles. The fourth-order valence-electron chi connectivity index (χ4n) is 6.96. The van der Waals surface area contributed by atoms with E-state index >= 15 is 0 Å². The average molecular weight is 592 g/mol. The number of nitrogens with zero attached hydrogens (tertiary/aromatic N) is 7. The number of rotatable bonds is 8. The highest BCUT2D eigenvalue weighted by molar-refractivity contribution is 5.68. The Kier molecular flexibility index (Phi) is 7.89. The molecule has 0 amide bonds. The normalized spacial score (nSPS) is 28.4. The number of ether oxygens (including phenoxy) is 3. The third-order valence-corrected chi connectivity index (χ3v) is 9.25. The number of pyridine rings is 2. The van der Waals surface area contributed by atoms with Gasteiger partial charge < -0.3 is 24.4 Å². The Hall–Kier alpha value is -3.38. The van der Waals surface area contributed by atoms with Crippen molar-refractivity contribution in [1.29, 1.82) is 5.26 Å². The summed E-state index contributed by atoms with van der Waals surface area (Å²) in [7, 11) is 3.70. The van der Waals surface area contributed by atoms with Crippen LogP contribution >= 0.6 is 0 Å². The summed E-state index contributed by atoms with van der Waals surface area (Å²) in [5.74, 6) is 0.429. The summed E-state index contributed by atoms with van der Waals surface area (Å²) in [6, 6.07) is 8.83. The number of fused-ring (bicyclic) bond motifs is 3. The maximum atomic E-state index is 14.7. The van der Waals surface area contributed by atoms with Crippen molar-refractivity contribution >= 4 is 5.52 Å². The molecule has 0 spiro atoms. The van der Waals surface area contributed by atoms with Gasteiger partial charge in [-0.2, -0.15) is 9.65 Å². The maximum absolute atomic E-state index is 14.7. The number of aromatic nitrogens is 3. The van der Waals surface area contributed by atoms with Crippen LogP contribution < -0.4 is 20.1 Å². The first kappa shape index (κ1) is 28.4.